The molecule has 96 valence electrons. The molecular formula is C14H19N3O. The molecule has 0 atom stereocenters. The van der Waals surface area contributed by atoms with Crippen molar-refractivity contribution in [1.29, 1.82) is 0 Å². The molecule has 0 aromatic carbocycles. The van der Waals surface area contributed by atoms with Crippen molar-refractivity contribution in [3.8, 4) is 0 Å². The SMILES string of the molecule is C=CCNc1cncc(C(=O)NC2CCCC2)c1. The van der Waals surface area contributed by atoms with Crippen molar-refractivity contribution < 1.29 is 4.79 Å². The van der Waals surface area contributed by atoms with Gasteiger partial charge in [-0.05, 0) is 18.9 Å². The monoisotopic (exact) mass is 245 g/mol. The summed E-state index contributed by atoms with van der Waals surface area (Å²) in [4.78, 5) is 16.1. The minimum atomic E-state index is -0.0309. The number of aromatic nitrogens is 1. The van der Waals surface area contributed by atoms with Crippen molar-refractivity contribution in [2.75, 3.05) is 11.9 Å². The van der Waals surface area contributed by atoms with Gasteiger partial charge in [-0.1, -0.05) is 18.9 Å². The fourth-order valence-corrected chi connectivity index (χ4v) is 2.19. The zero-order valence-corrected chi connectivity index (χ0v) is 10.5. The Bertz CT molecular complexity index is 425. The van der Waals surface area contributed by atoms with Gasteiger partial charge in [0.2, 0.25) is 0 Å². The molecule has 0 spiro atoms. The molecular weight excluding hydrogens is 226 g/mol. The van der Waals surface area contributed by atoms with E-state index in [1.807, 2.05) is 6.07 Å². The lowest BCUT2D eigenvalue weighted by Crippen LogP contribution is -2.32. The van der Waals surface area contributed by atoms with Crippen LogP contribution >= 0.6 is 0 Å². The van der Waals surface area contributed by atoms with Crippen molar-refractivity contribution in [2.24, 2.45) is 0 Å². The van der Waals surface area contributed by atoms with Crippen LogP contribution in [-0.2, 0) is 0 Å². The predicted octanol–water partition coefficient (Wildman–Crippen LogP) is 2.35. The molecule has 1 saturated carbocycles. The molecule has 4 heteroatoms. The third-order valence-corrected chi connectivity index (χ3v) is 3.14. The maximum absolute atomic E-state index is 12.0. The number of nitrogens with one attached hydrogen (secondary N) is 2. The Labute approximate surface area is 108 Å². The summed E-state index contributed by atoms with van der Waals surface area (Å²) in [6, 6.07) is 2.16. The van der Waals surface area contributed by atoms with Gasteiger partial charge in [0.1, 0.15) is 0 Å². The van der Waals surface area contributed by atoms with Crippen LogP contribution in [0.25, 0.3) is 0 Å². The largest absolute Gasteiger partial charge is 0.380 e. The van der Waals surface area contributed by atoms with Crippen LogP contribution in [0.5, 0.6) is 0 Å². The molecule has 1 aromatic heterocycles. The van der Waals surface area contributed by atoms with E-state index >= 15 is 0 Å². The molecule has 1 aromatic rings. The van der Waals surface area contributed by atoms with Gasteiger partial charge in [-0.25, -0.2) is 0 Å². The highest BCUT2D eigenvalue weighted by atomic mass is 16.1. The van der Waals surface area contributed by atoms with Gasteiger partial charge < -0.3 is 10.6 Å². The molecule has 2 rings (SSSR count). The molecule has 1 aliphatic carbocycles. The molecule has 1 heterocycles. The fourth-order valence-electron chi connectivity index (χ4n) is 2.19. The molecule has 0 bridgehead atoms. The number of hydrogen-bond donors (Lipinski definition) is 2. The minimum absolute atomic E-state index is 0.0309. The van der Waals surface area contributed by atoms with Gasteiger partial charge in [0, 0.05) is 25.0 Å². The van der Waals surface area contributed by atoms with E-state index in [4.69, 9.17) is 0 Å². The van der Waals surface area contributed by atoms with Crippen molar-refractivity contribution in [1.82, 2.24) is 10.3 Å². The highest BCUT2D eigenvalue weighted by Gasteiger charge is 2.18. The maximum atomic E-state index is 12.0. The van der Waals surface area contributed by atoms with E-state index in [1.165, 1.54) is 12.8 Å². The smallest absolute Gasteiger partial charge is 0.253 e. The van der Waals surface area contributed by atoms with E-state index in [0.717, 1.165) is 18.5 Å². The Morgan fingerprint density at radius 1 is 1.44 bits per heavy atom. The first-order valence-corrected chi connectivity index (χ1v) is 6.40. The van der Waals surface area contributed by atoms with Crippen molar-refractivity contribution >= 4 is 11.6 Å². The number of nitrogens with zero attached hydrogens (tertiary/aromatic N) is 1. The second kappa shape index (κ2) is 6.19. The van der Waals surface area contributed by atoms with Gasteiger partial charge in [-0.15, -0.1) is 6.58 Å². The zero-order chi connectivity index (χ0) is 12.8. The van der Waals surface area contributed by atoms with Gasteiger partial charge >= 0.3 is 0 Å². The normalized spacial score (nSPS) is 15.3. The first-order valence-electron chi connectivity index (χ1n) is 6.40. The lowest BCUT2D eigenvalue weighted by atomic mass is 10.2. The van der Waals surface area contributed by atoms with Crippen LogP contribution in [0.15, 0.2) is 31.1 Å². The highest BCUT2D eigenvalue weighted by molar-refractivity contribution is 5.94. The number of carbonyl (C=O) groups excluding carboxylic acids is 1. The first-order chi connectivity index (χ1) is 8.79. The topological polar surface area (TPSA) is 54.0 Å². The van der Waals surface area contributed by atoms with E-state index in [1.54, 1.807) is 18.5 Å². The number of carbonyl (C=O) groups is 1. The van der Waals surface area contributed by atoms with Crippen LogP contribution < -0.4 is 10.6 Å². The molecule has 0 radical (unpaired) electrons. The van der Waals surface area contributed by atoms with Gasteiger partial charge in [-0.3, -0.25) is 9.78 Å². The Kier molecular flexibility index (Phi) is 4.34. The molecule has 1 fully saturated rings. The van der Waals surface area contributed by atoms with Crippen LogP contribution in [0.2, 0.25) is 0 Å². The number of pyridine rings is 1. The number of hydrogen-bond acceptors (Lipinski definition) is 3. The van der Waals surface area contributed by atoms with Crippen LogP contribution in [0.3, 0.4) is 0 Å². The Morgan fingerprint density at radius 2 is 2.22 bits per heavy atom. The van der Waals surface area contributed by atoms with E-state index < -0.39 is 0 Å². The maximum Gasteiger partial charge on any atom is 0.253 e. The summed E-state index contributed by atoms with van der Waals surface area (Å²) in [7, 11) is 0. The Hall–Kier alpha value is -1.84. The van der Waals surface area contributed by atoms with Gasteiger partial charge in [0.25, 0.3) is 5.91 Å². The lowest BCUT2D eigenvalue weighted by Gasteiger charge is -2.12. The van der Waals surface area contributed by atoms with Crippen LogP contribution in [0.1, 0.15) is 36.0 Å². The quantitative estimate of drug-likeness (QED) is 0.783. The molecule has 0 unspecified atom stereocenters. The summed E-state index contributed by atoms with van der Waals surface area (Å²) in [5.74, 6) is -0.0309. The summed E-state index contributed by atoms with van der Waals surface area (Å²) in [6.07, 6.45) is 9.68. The number of amides is 1. The Balaban J connectivity index is 1.98. The second-order valence-corrected chi connectivity index (χ2v) is 4.59. The van der Waals surface area contributed by atoms with E-state index in [-0.39, 0.29) is 5.91 Å². The zero-order valence-electron chi connectivity index (χ0n) is 10.5. The van der Waals surface area contributed by atoms with E-state index in [2.05, 4.69) is 22.2 Å². The fraction of sp³-hybridized carbons (Fsp3) is 0.429. The summed E-state index contributed by atoms with van der Waals surface area (Å²) < 4.78 is 0. The third kappa shape index (κ3) is 3.32. The van der Waals surface area contributed by atoms with Crippen molar-refractivity contribution in [3.63, 3.8) is 0 Å². The summed E-state index contributed by atoms with van der Waals surface area (Å²) >= 11 is 0. The number of anilines is 1. The van der Waals surface area contributed by atoms with Crippen molar-refractivity contribution in [2.45, 2.75) is 31.7 Å². The molecule has 0 aliphatic heterocycles. The van der Waals surface area contributed by atoms with Crippen molar-refractivity contribution in [3.05, 3.63) is 36.7 Å². The molecule has 18 heavy (non-hydrogen) atoms. The van der Waals surface area contributed by atoms with E-state index in [0.29, 0.717) is 18.2 Å². The molecule has 1 amide bonds. The Morgan fingerprint density at radius 3 is 2.94 bits per heavy atom. The predicted molar refractivity (Wildman–Crippen MR) is 72.6 cm³/mol. The third-order valence-electron chi connectivity index (χ3n) is 3.14. The van der Waals surface area contributed by atoms with Gasteiger partial charge in [0.15, 0.2) is 0 Å². The standard InChI is InChI=1S/C14H19N3O/c1-2-7-16-13-8-11(9-15-10-13)14(18)17-12-5-3-4-6-12/h2,8-10,12,16H,1,3-7H2,(H,17,18). The van der Waals surface area contributed by atoms with Crippen LogP contribution in [0, 0.1) is 0 Å². The van der Waals surface area contributed by atoms with Crippen LogP contribution in [0.4, 0.5) is 5.69 Å². The number of rotatable bonds is 5. The lowest BCUT2D eigenvalue weighted by molar-refractivity contribution is 0.0937. The molecule has 1 aliphatic rings. The summed E-state index contributed by atoms with van der Waals surface area (Å²) in [6.45, 7) is 4.30. The first kappa shape index (κ1) is 12.6. The molecule has 0 saturated heterocycles. The molecule has 4 nitrogen and oxygen atoms in total. The van der Waals surface area contributed by atoms with Gasteiger partial charge in [-0.2, -0.15) is 0 Å². The van der Waals surface area contributed by atoms with Crippen LogP contribution in [-0.4, -0.2) is 23.5 Å². The average Bonchev–Trinajstić information content (AvgIpc) is 2.89. The van der Waals surface area contributed by atoms with Gasteiger partial charge in [0.05, 0.1) is 11.3 Å². The molecule has 2 N–H and O–H groups in total. The van der Waals surface area contributed by atoms with E-state index in [9.17, 15) is 4.79 Å². The highest BCUT2D eigenvalue weighted by Crippen LogP contribution is 2.18. The minimum Gasteiger partial charge on any atom is -0.380 e. The summed E-state index contributed by atoms with van der Waals surface area (Å²) in [5.41, 5.74) is 1.45. The summed E-state index contributed by atoms with van der Waals surface area (Å²) in [5, 5.41) is 6.17. The second-order valence-electron chi connectivity index (χ2n) is 4.59. The average molecular weight is 245 g/mol.